The van der Waals surface area contributed by atoms with Gasteiger partial charge in [0.15, 0.2) is 6.10 Å². The van der Waals surface area contributed by atoms with E-state index in [1.165, 1.54) is 25.7 Å². The third-order valence-corrected chi connectivity index (χ3v) is 10.3. The highest BCUT2D eigenvalue weighted by molar-refractivity contribution is 5.71. The van der Waals surface area contributed by atoms with Crippen molar-refractivity contribution in [2.45, 2.75) is 207 Å². The lowest BCUT2D eigenvalue weighted by Gasteiger charge is -2.18. The molecule has 0 amide bonds. The maximum absolute atomic E-state index is 12.8. The van der Waals surface area contributed by atoms with Gasteiger partial charge in [0.25, 0.3) is 0 Å². The molecule has 67 heavy (non-hydrogen) atoms. The van der Waals surface area contributed by atoms with Crippen LogP contribution in [0.1, 0.15) is 201 Å². The van der Waals surface area contributed by atoms with Gasteiger partial charge in [-0.05, 0) is 128 Å². The third kappa shape index (κ3) is 52.1. The Morgan fingerprint density at radius 2 is 0.612 bits per heavy atom. The van der Waals surface area contributed by atoms with E-state index in [-0.39, 0.29) is 44.0 Å². The molecule has 0 aliphatic rings. The van der Waals surface area contributed by atoms with Gasteiger partial charge in [-0.2, -0.15) is 0 Å². The minimum absolute atomic E-state index is 0.133. The zero-order valence-corrected chi connectivity index (χ0v) is 42.6. The zero-order valence-electron chi connectivity index (χ0n) is 42.6. The molecule has 0 aliphatic carbocycles. The molecule has 0 aromatic rings. The van der Waals surface area contributed by atoms with Gasteiger partial charge in [-0.3, -0.25) is 14.4 Å². The fourth-order valence-corrected chi connectivity index (χ4v) is 6.43. The number of hydrogen-bond donors (Lipinski definition) is 0. The molecule has 374 valence electrons. The van der Waals surface area contributed by atoms with Gasteiger partial charge in [-0.1, -0.05) is 199 Å². The van der Waals surface area contributed by atoms with Crippen LogP contribution >= 0.6 is 0 Å². The Morgan fingerprint density at radius 3 is 1.03 bits per heavy atom. The van der Waals surface area contributed by atoms with Gasteiger partial charge in [0.05, 0.1) is 0 Å². The zero-order chi connectivity index (χ0) is 48.6. The predicted octanol–water partition coefficient (Wildman–Crippen LogP) is 17.6. The highest BCUT2D eigenvalue weighted by Crippen LogP contribution is 2.11. The topological polar surface area (TPSA) is 78.9 Å². The van der Waals surface area contributed by atoms with Crippen LogP contribution in [-0.4, -0.2) is 37.2 Å². The molecule has 0 heterocycles. The normalized spacial score (nSPS) is 13.3. The number of carbonyl (C=O) groups excluding carboxylic acids is 3. The summed E-state index contributed by atoms with van der Waals surface area (Å²) < 4.78 is 16.7. The molecule has 0 spiro atoms. The first-order valence-corrected chi connectivity index (χ1v) is 26.3. The van der Waals surface area contributed by atoms with Crippen molar-refractivity contribution in [2.24, 2.45) is 0 Å². The number of carbonyl (C=O) groups is 3. The minimum atomic E-state index is -0.843. The van der Waals surface area contributed by atoms with E-state index in [0.29, 0.717) is 19.3 Å². The summed E-state index contributed by atoms with van der Waals surface area (Å²) in [5.41, 5.74) is 0. The van der Waals surface area contributed by atoms with Crippen molar-refractivity contribution in [3.63, 3.8) is 0 Å². The Kier molecular flexibility index (Phi) is 50.1. The highest BCUT2D eigenvalue weighted by atomic mass is 16.6. The van der Waals surface area contributed by atoms with Crippen molar-refractivity contribution in [1.29, 1.82) is 0 Å². The average Bonchev–Trinajstić information content (AvgIpc) is 3.33. The maximum Gasteiger partial charge on any atom is 0.306 e. The van der Waals surface area contributed by atoms with Crippen molar-refractivity contribution >= 4 is 17.9 Å². The van der Waals surface area contributed by atoms with E-state index >= 15 is 0 Å². The number of ether oxygens (including phenoxy) is 3. The first-order valence-electron chi connectivity index (χ1n) is 26.3. The first kappa shape index (κ1) is 62.3. The Balaban J connectivity index is 4.62. The number of hydrogen-bond acceptors (Lipinski definition) is 6. The van der Waals surface area contributed by atoms with Gasteiger partial charge in [0.2, 0.25) is 0 Å². The monoisotopic (exact) mass is 923 g/mol. The summed E-state index contributed by atoms with van der Waals surface area (Å²) >= 11 is 0. The summed E-state index contributed by atoms with van der Waals surface area (Å²) in [6.45, 7) is 6.24. The number of allylic oxidation sites excluding steroid dienone is 24. The Labute approximate surface area is 410 Å². The second-order valence-electron chi connectivity index (χ2n) is 16.7. The smallest absolute Gasteiger partial charge is 0.306 e. The summed E-state index contributed by atoms with van der Waals surface area (Å²) in [4.78, 5) is 38.0. The summed E-state index contributed by atoms with van der Waals surface area (Å²) in [6, 6.07) is 0. The largest absolute Gasteiger partial charge is 0.462 e. The van der Waals surface area contributed by atoms with Gasteiger partial charge in [0.1, 0.15) is 13.2 Å². The number of esters is 3. The molecule has 6 nitrogen and oxygen atoms in total. The summed E-state index contributed by atoms with van der Waals surface area (Å²) in [7, 11) is 0. The molecule has 0 unspecified atom stereocenters. The molecule has 0 N–H and O–H groups in total. The molecule has 0 saturated carbocycles. The maximum atomic E-state index is 12.8. The van der Waals surface area contributed by atoms with Crippen molar-refractivity contribution in [3.8, 4) is 0 Å². The molecule has 0 aliphatic heterocycles. The Hall–Kier alpha value is -4.71. The third-order valence-electron chi connectivity index (χ3n) is 10.3. The molecule has 0 saturated heterocycles. The first-order chi connectivity index (χ1) is 33.0. The molecular formula is C61H94O6. The van der Waals surface area contributed by atoms with Crippen LogP contribution in [0.5, 0.6) is 0 Å². The molecule has 0 bridgehead atoms. The molecule has 0 fully saturated rings. The van der Waals surface area contributed by atoms with Crippen LogP contribution in [0, 0.1) is 0 Å². The van der Waals surface area contributed by atoms with Gasteiger partial charge in [-0.25, -0.2) is 0 Å². The van der Waals surface area contributed by atoms with E-state index < -0.39 is 6.10 Å². The van der Waals surface area contributed by atoms with Gasteiger partial charge in [-0.15, -0.1) is 0 Å². The molecule has 0 aromatic heterocycles. The lowest BCUT2D eigenvalue weighted by Crippen LogP contribution is -2.30. The summed E-state index contributed by atoms with van der Waals surface area (Å²) in [6.07, 6.45) is 77.0. The molecule has 0 radical (unpaired) electrons. The fourth-order valence-electron chi connectivity index (χ4n) is 6.43. The second-order valence-corrected chi connectivity index (χ2v) is 16.7. The second kappa shape index (κ2) is 53.9. The highest BCUT2D eigenvalue weighted by Gasteiger charge is 2.19. The van der Waals surface area contributed by atoms with Crippen LogP contribution < -0.4 is 0 Å². The van der Waals surface area contributed by atoms with E-state index in [0.717, 1.165) is 122 Å². The van der Waals surface area contributed by atoms with Crippen LogP contribution in [-0.2, 0) is 28.6 Å². The minimum Gasteiger partial charge on any atom is -0.462 e. The van der Waals surface area contributed by atoms with E-state index in [1.807, 2.05) is 12.2 Å². The van der Waals surface area contributed by atoms with Crippen LogP contribution in [0.3, 0.4) is 0 Å². The lowest BCUT2D eigenvalue weighted by molar-refractivity contribution is -0.166. The van der Waals surface area contributed by atoms with Crippen molar-refractivity contribution in [1.82, 2.24) is 0 Å². The Bertz CT molecular complexity index is 1530. The lowest BCUT2D eigenvalue weighted by atomic mass is 10.1. The quantitative estimate of drug-likeness (QED) is 0.0262. The molecule has 0 aromatic carbocycles. The number of unbranched alkanes of at least 4 members (excludes halogenated alkanes) is 10. The molecule has 1 atom stereocenters. The summed E-state index contributed by atoms with van der Waals surface area (Å²) in [5, 5.41) is 0. The van der Waals surface area contributed by atoms with Crippen LogP contribution in [0.4, 0.5) is 0 Å². The average molecular weight is 923 g/mol. The van der Waals surface area contributed by atoms with Gasteiger partial charge >= 0.3 is 17.9 Å². The fraction of sp³-hybridized carbons (Fsp3) is 0.557. The van der Waals surface area contributed by atoms with E-state index in [2.05, 4.69) is 154 Å². The van der Waals surface area contributed by atoms with Crippen LogP contribution in [0.2, 0.25) is 0 Å². The van der Waals surface area contributed by atoms with Crippen molar-refractivity contribution in [2.75, 3.05) is 13.2 Å². The van der Waals surface area contributed by atoms with Gasteiger partial charge in [0, 0.05) is 19.3 Å². The van der Waals surface area contributed by atoms with Gasteiger partial charge < -0.3 is 14.2 Å². The van der Waals surface area contributed by atoms with E-state index in [1.54, 1.807) is 0 Å². The Morgan fingerprint density at radius 1 is 0.313 bits per heavy atom. The van der Waals surface area contributed by atoms with Crippen molar-refractivity contribution in [3.05, 3.63) is 146 Å². The van der Waals surface area contributed by atoms with Crippen molar-refractivity contribution < 1.29 is 28.6 Å². The molecule has 0 rings (SSSR count). The van der Waals surface area contributed by atoms with Crippen LogP contribution in [0.15, 0.2) is 146 Å². The molecule has 6 heteroatoms. The number of rotatable bonds is 45. The molecular weight excluding hydrogens is 829 g/mol. The van der Waals surface area contributed by atoms with E-state index in [4.69, 9.17) is 14.2 Å². The van der Waals surface area contributed by atoms with Crippen LogP contribution in [0.25, 0.3) is 0 Å². The SMILES string of the molecule is CC/C=C\C/C=C\C/C=C\C/C=C\CCCCC(=O)O[C@@H](COC(=O)CC/C=C\C/C=C\C/C=C\C/C=C\C/C=C\CCCCC)COC(=O)CCCCCCC/C=C\C/C=C\C/C=C\CC. The summed E-state index contributed by atoms with van der Waals surface area (Å²) in [5.74, 6) is -1.09. The standard InChI is InChI=1S/C61H94O6/c1-4-7-10-13-16-19-22-25-28-29-30-31-34-36-39-42-45-48-51-54-60(63)66-57-58(67-61(64)55-52-49-46-43-40-37-33-27-24-21-18-15-12-9-6-3)56-65-59(62)53-50-47-44-41-38-35-32-26-23-20-17-14-11-8-5-2/h8-9,11-12,16-21,25-28,30-33,36,39-40,43,45,48,58H,4-7,10,13-15,22-24,29,34-35,37-38,41-42,44,46-47,49-57H2,1-3H3/b11-8-,12-9-,19-16-,20-17-,21-18-,28-25-,31-30-,32-26-,33-27-,39-36-,43-40-,48-45-/t58-/m1/s1. The van der Waals surface area contributed by atoms with E-state index in [9.17, 15) is 14.4 Å². The predicted molar refractivity (Wildman–Crippen MR) is 288 cm³/mol.